The fraction of sp³-hybridized carbons (Fsp3) is 0.200. The van der Waals surface area contributed by atoms with E-state index in [1.165, 1.54) is 22.5 Å². The van der Waals surface area contributed by atoms with Crippen molar-refractivity contribution >= 4 is 26.5 Å². The first-order valence-electron chi connectivity index (χ1n) is 8.48. The molecular formula is C20H19FN2O2S. The molecule has 0 bridgehead atoms. The maximum atomic E-state index is 13.4. The van der Waals surface area contributed by atoms with Crippen LogP contribution in [0, 0.1) is 12.7 Å². The third kappa shape index (κ3) is 2.85. The molecule has 1 aliphatic rings. The van der Waals surface area contributed by atoms with Crippen molar-refractivity contribution in [2.45, 2.75) is 18.2 Å². The second kappa shape index (κ2) is 6.37. The van der Waals surface area contributed by atoms with Gasteiger partial charge in [-0.2, -0.15) is 4.31 Å². The third-order valence-corrected chi connectivity index (χ3v) is 6.74. The lowest BCUT2D eigenvalue weighted by molar-refractivity contribution is 0.441. The number of para-hydroxylation sites is 1. The Morgan fingerprint density at radius 3 is 2.69 bits per heavy atom. The van der Waals surface area contributed by atoms with Crippen LogP contribution in [0.3, 0.4) is 0 Å². The molecule has 1 aliphatic heterocycles. The van der Waals surface area contributed by atoms with Gasteiger partial charge >= 0.3 is 0 Å². The predicted molar refractivity (Wildman–Crippen MR) is 101 cm³/mol. The van der Waals surface area contributed by atoms with E-state index in [0.717, 1.165) is 22.0 Å². The SMILES string of the molecule is Cc1cc(S(=O)(=O)N2CC=C(c3c[nH]c4ccccc34)CC2)ccc1F. The van der Waals surface area contributed by atoms with Crippen molar-refractivity contribution in [1.82, 2.24) is 9.29 Å². The van der Waals surface area contributed by atoms with Crippen LogP contribution in [0.5, 0.6) is 0 Å². The molecule has 2 aromatic carbocycles. The number of rotatable bonds is 3. The molecule has 0 amide bonds. The highest BCUT2D eigenvalue weighted by molar-refractivity contribution is 7.89. The van der Waals surface area contributed by atoms with Crippen molar-refractivity contribution in [2.75, 3.05) is 13.1 Å². The molecule has 2 heterocycles. The Morgan fingerprint density at radius 2 is 1.96 bits per heavy atom. The van der Waals surface area contributed by atoms with Crippen molar-refractivity contribution in [2.24, 2.45) is 0 Å². The van der Waals surface area contributed by atoms with Gasteiger partial charge in [-0.05, 0) is 48.7 Å². The number of hydrogen-bond acceptors (Lipinski definition) is 2. The second-order valence-electron chi connectivity index (χ2n) is 6.50. The fourth-order valence-corrected chi connectivity index (χ4v) is 4.84. The van der Waals surface area contributed by atoms with Crippen LogP contribution < -0.4 is 0 Å². The van der Waals surface area contributed by atoms with E-state index in [2.05, 4.69) is 11.1 Å². The maximum Gasteiger partial charge on any atom is 0.243 e. The van der Waals surface area contributed by atoms with E-state index < -0.39 is 15.8 Å². The zero-order valence-corrected chi connectivity index (χ0v) is 15.2. The van der Waals surface area contributed by atoms with Crippen molar-refractivity contribution in [3.63, 3.8) is 0 Å². The lowest BCUT2D eigenvalue weighted by Gasteiger charge is -2.26. The van der Waals surface area contributed by atoms with E-state index in [-0.39, 0.29) is 4.90 Å². The molecule has 0 spiro atoms. The van der Waals surface area contributed by atoms with Gasteiger partial charge in [0.2, 0.25) is 10.0 Å². The molecule has 0 radical (unpaired) electrons. The van der Waals surface area contributed by atoms with E-state index in [4.69, 9.17) is 0 Å². The van der Waals surface area contributed by atoms with Crippen molar-refractivity contribution in [3.8, 4) is 0 Å². The number of fused-ring (bicyclic) bond motifs is 1. The minimum Gasteiger partial charge on any atom is -0.361 e. The number of aromatic nitrogens is 1. The van der Waals surface area contributed by atoms with Crippen LogP contribution in [0.2, 0.25) is 0 Å². The summed E-state index contributed by atoms with van der Waals surface area (Å²) in [7, 11) is -3.62. The number of sulfonamides is 1. The maximum absolute atomic E-state index is 13.4. The summed E-state index contributed by atoms with van der Waals surface area (Å²) in [5.74, 6) is -0.399. The van der Waals surface area contributed by atoms with Gasteiger partial charge in [0.05, 0.1) is 4.90 Å². The fourth-order valence-electron chi connectivity index (χ4n) is 3.38. The Kier molecular flexibility index (Phi) is 4.17. The molecule has 4 nitrogen and oxygen atoms in total. The highest BCUT2D eigenvalue weighted by Crippen LogP contribution is 2.31. The van der Waals surface area contributed by atoms with E-state index in [1.807, 2.05) is 30.5 Å². The normalized spacial score (nSPS) is 16.0. The van der Waals surface area contributed by atoms with Gasteiger partial charge in [0.1, 0.15) is 5.82 Å². The molecule has 0 saturated heterocycles. The number of nitrogens with one attached hydrogen (secondary N) is 1. The zero-order chi connectivity index (χ0) is 18.3. The molecule has 6 heteroatoms. The van der Waals surface area contributed by atoms with Gasteiger partial charge in [0, 0.05) is 35.8 Å². The topological polar surface area (TPSA) is 53.2 Å². The molecule has 0 atom stereocenters. The van der Waals surface area contributed by atoms with Crippen LogP contribution in [-0.4, -0.2) is 30.8 Å². The molecule has 3 aromatic rings. The smallest absolute Gasteiger partial charge is 0.243 e. The first kappa shape index (κ1) is 17.0. The third-order valence-electron chi connectivity index (χ3n) is 4.87. The van der Waals surface area contributed by atoms with Gasteiger partial charge in [-0.25, -0.2) is 12.8 Å². The molecule has 4 rings (SSSR count). The van der Waals surface area contributed by atoms with Gasteiger partial charge in [-0.3, -0.25) is 0 Å². The first-order valence-corrected chi connectivity index (χ1v) is 9.92. The Morgan fingerprint density at radius 1 is 1.15 bits per heavy atom. The summed E-state index contributed by atoms with van der Waals surface area (Å²) in [5, 5.41) is 1.14. The van der Waals surface area contributed by atoms with Crippen molar-refractivity contribution in [3.05, 3.63) is 71.7 Å². The standard InChI is InChI=1S/C20H19FN2O2S/c1-14-12-16(6-7-19(14)21)26(24,25)23-10-8-15(9-11-23)18-13-22-20-5-3-2-4-17(18)20/h2-8,12-13,22H,9-11H2,1H3. The molecule has 0 saturated carbocycles. The summed E-state index contributed by atoms with van der Waals surface area (Å²) >= 11 is 0. The average molecular weight is 370 g/mol. The Labute approximate surface area is 152 Å². The van der Waals surface area contributed by atoms with Crippen LogP contribution in [0.4, 0.5) is 4.39 Å². The van der Waals surface area contributed by atoms with Gasteiger partial charge in [0.15, 0.2) is 0 Å². The van der Waals surface area contributed by atoms with E-state index in [9.17, 15) is 12.8 Å². The minimum absolute atomic E-state index is 0.139. The first-order chi connectivity index (χ1) is 12.5. The van der Waals surface area contributed by atoms with Gasteiger partial charge < -0.3 is 4.98 Å². The van der Waals surface area contributed by atoms with E-state index in [0.29, 0.717) is 25.1 Å². The van der Waals surface area contributed by atoms with Crippen LogP contribution in [0.25, 0.3) is 16.5 Å². The number of halogens is 1. The van der Waals surface area contributed by atoms with Crippen LogP contribution >= 0.6 is 0 Å². The highest BCUT2D eigenvalue weighted by atomic mass is 32.2. The Balaban J connectivity index is 1.61. The molecular weight excluding hydrogens is 351 g/mol. The average Bonchev–Trinajstić information content (AvgIpc) is 3.08. The minimum atomic E-state index is -3.62. The number of nitrogens with zero attached hydrogens (tertiary/aromatic N) is 1. The molecule has 134 valence electrons. The molecule has 0 fully saturated rings. The summed E-state index contributed by atoms with van der Waals surface area (Å²) in [6.45, 7) is 2.29. The Hall–Kier alpha value is -2.44. The predicted octanol–water partition coefficient (Wildman–Crippen LogP) is 4.09. The summed E-state index contributed by atoms with van der Waals surface area (Å²) in [6.07, 6.45) is 4.58. The lowest BCUT2D eigenvalue weighted by atomic mass is 10.00. The summed E-state index contributed by atoms with van der Waals surface area (Å²) < 4.78 is 40.5. The molecule has 26 heavy (non-hydrogen) atoms. The van der Waals surface area contributed by atoms with E-state index >= 15 is 0 Å². The highest BCUT2D eigenvalue weighted by Gasteiger charge is 2.27. The Bertz CT molecular complexity index is 1120. The summed E-state index contributed by atoms with van der Waals surface area (Å²) in [5.41, 5.74) is 3.66. The molecule has 0 aliphatic carbocycles. The largest absolute Gasteiger partial charge is 0.361 e. The van der Waals surface area contributed by atoms with Crippen LogP contribution in [0.1, 0.15) is 17.5 Å². The van der Waals surface area contributed by atoms with E-state index in [1.54, 1.807) is 6.92 Å². The monoisotopic (exact) mass is 370 g/mol. The van der Waals surface area contributed by atoms with Crippen molar-refractivity contribution < 1.29 is 12.8 Å². The number of aryl methyl sites for hydroxylation is 1. The molecule has 1 N–H and O–H groups in total. The summed E-state index contributed by atoms with van der Waals surface area (Å²) in [6, 6.07) is 12.0. The second-order valence-corrected chi connectivity index (χ2v) is 8.44. The molecule has 0 unspecified atom stereocenters. The number of aromatic amines is 1. The number of H-pyrrole nitrogens is 1. The quantitative estimate of drug-likeness (QED) is 0.755. The summed E-state index contributed by atoms with van der Waals surface area (Å²) in [4.78, 5) is 3.40. The van der Waals surface area contributed by atoms with Crippen LogP contribution in [0.15, 0.2) is 59.6 Å². The number of hydrogen-bond donors (Lipinski definition) is 1. The van der Waals surface area contributed by atoms with Gasteiger partial charge in [-0.15, -0.1) is 0 Å². The van der Waals surface area contributed by atoms with Gasteiger partial charge in [-0.1, -0.05) is 24.3 Å². The molecule has 1 aromatic heterocycles. The zero-order valence-electron chi connectivity index (χ0n) is 14.4. The van der Waals surface area contributed by atoms with Crippen molar-refractivity contribution in [1.29, 1.82) is 0 Å². The van der Waals surface area contributed by atoms with Crippen LogP contribution in [-0.2, 0) is 10.0 Å². The number of benzene rings is 2. The lowest BCUT2D eigenvalue weighted by Crippen LogP contribution is -2.34. The van der Waals surface area contributed by atoms with Gasteiger partial charge in [0.25, 0.3) is 0 Å².